The maximum absolute atomic E-state index is 12.3. The van der Waals surface area contributed by atoms with Crippen LogP contribution in [0, 0.1) is 6.92 Å². The van der Waals surface area contributed by atoms with Gasteiger partial charge in [0.05, 0.1) is 0 Å². The third-order valence-corrected chi connectivity index (χ3v) is 4.39. The number of hydrogen-bond acceptors (Lipinski definition) is 3. The molecular weight excluding hydrogens is 354 g/mol. The fraction of sp³-hybridized carbons (Fsp3) is 0.333. The highest BCUT2D eigenvalue weighted by atomic mass is 79.9. The number of rotatable bonds is 7. The van der Waals surface area contributed by atoms with Crippen molar-refractivity contribution < 1.29 is 4.79 Å². The summed E-state index contributed by atoms with van der Waals surface area (Å²) < 4.78 is 0.967. The average Bonchev–Trinajstić information content (AvgIpc) is 2.55. The summed E-state index contributed by atoms with van der Waals surface area (Å²) in [6.45, 7) is 5.09. The zero-order valence-electron chi connectivity index (χ0n) is 13.5. The summed E-state index contributed by atoms with van der Waals surface area (Å²) in [4.78, 5) is 16.5. The summed E-state index contributed by atoms with van der Waals surface area (Å²) in [5.41, 5.74) is 3.20. The minimum atomic E-state index is -0.210. The van der Waals surface area contributed by atoms with Gasteiger partial charge in [-0.1, -0.05) is 41.8 Å². The normalized spacial score (nSPS) is 10.4. The van der Waals surface area contributed by atoms with Crippen LogP contribution < -0.4 is 10.6 Å². The molecule has 0 bridgehead atoms. The molecule has 0 atom stereocenters. The number of amides is 1. The summed E-state index contributed by atoms with van der Waals surface area (Å²) in [5.74, 6) is -0.210. The van der Waals surface area contributed by atoms with Gasteiger partial charge in [0, 0.05) is 28.6 Å². The molecular formula is C18H22BrN3O. The SMILES string of the molecule is CCCCCNc1ccnc(C(=O)Nc2ccc(C)c(Br)c2)c1. The van der Waals surface area contributed by atoms with Crippen LogP contribution in [0.5, 0.6) is 0 Å². The number of anilines is 2. The molecule has 0 aliphatic rings. The second-order valence-electron chi connectivity index (χ2n) is 5.48. The fourth-order valence-electron chi connectivity index (χ4n) is 2.14. The number of aryl methyl sites for hydroxylation is 1. The van der Waals surface area contributed by atoms with E-state index in [9.17, 15) is 4.79 Å². The number of carbonyl (C=O) groups excluding carboxylic acids is 1. The number of hydrogen-bond donors (Lipinski definition) is 2. The average molecular weight is 376 g/mol. The Kier molecular flexibility index (Phi) is 6.59. The zero-order chi connectivity index (χ0) is 16.7. The second kappa shape index (κ2) is 8.67. The van der Waals surface area contributed by atoms with Crippen LogP contribution >= 0.6 is 15.9 Å². The van der Waals surface area contributed by atoms with Crippen molar-refractivity contribution >= 4 is 33.2 Å². The lowest BCUT2D eigenvalue weighted by Gasteiger charge is -2.09. The van der Waals surface area contributed by atoms with Gasteiger partial charge in [-0.15, -0.1) is 0 Å². The lowest BCUT2D eigenvalue weighted by Crippen LogP contribution is -2.14. The van der Waals surface area contributed by atoms with Crippen LogP contribution in [0.15, 0.2) is 41.0 Å². The predicted octanol–water partition coefficient (Wildman–Crippen LogP) is 5.01. The van der Waals surface area contributed by atoms with Gasteiger partial charge in [0.1, 0.15) is 5.69 Å². The maximum atomic E-state index is 12.3. The number of halogens is 1. The minimum Gasteiger partial charge on any atom is -0.385 e. The Balaban J connectivity index is 2.00. The Morgan fingerprint density at radius 3 is 2.74 bits per heavy atom. The predicted molar refractivity (Wildman–Crippen MR) is 99.1 cm³/mol. The molecule has 0 unspecified atom stereocenters. The number of nitrogens with one attached hydrogen (secondary N) is 2. The van der Waals surface area contributed by atoms with Crippen molar-refractivity contribution in [2.45, 2.75) is 33.1 Å². The molecule has 0 fully saturated rings. The summed E-state index contributed by atoms with van der Waals surface area (Å²) in [5, 5.41) is 6.20. The smallest absolute Gasteiger partial charge is 0.274 e. The number of unbranched alkanes of at least 4 members (excludes halogenated alkanes) is 2. The first-order chi connectivity index (χ1) is 11.1. The lowest BCUT2D eigenvalue weighted by atomic mass is 10.2. The van der Waals surface area contributed by atoms with Crippen LogP contribution in [0.4, 0.5) is 11.4 Å². The molecule has 1 amide bonds. The van der Waals surface area contributed by atoms with E-state index < -0.39 is 0 Å². The van der Waals surface area contributed by atoms with E-state index in [1.54, 1.807) is 12.3 Å². The molecule has 1 heterocycles. The van der Waals surface area contributed by atoms with Crippen LogP contribution in [0.2, 0.25) is 0 Å². The maximum Gasteiger partial charge on any atom is 0.274 e. The zero-order valence-corrected chi connectivity index (χ0v) is 15.1. The Bertz CT molecular complexity index is 673. The van der Waals surface area contributed by atoms with Crippen molar-refractivity contribution in [1.29, 1.82) is 0 Å². The number of nitrogens with zero attached hydrogens (tertiary/aromatic N) is 1. The standard InChI is InChI=1S/C18H22BrN3O/c1-3-4-5-9-20-14-8-10-21-17(12-14)18(23)22-15-7-6-13(2)16(19)11-15/h6-8,10-12H,3-5,9H2,1-2H3,(H,20,21)(H,22,23). The number of benzene rings is 1. The lowest BCUT2D eigenvalue weighted by molar-refractivity contribution is 0.102. The Morgan fingerprint density at radius 2 is 2.00 bits per heavy atom. The van der Waals surface area contributed by atoms with Crippen molar-refractivity contribution in [2.75, 3.05) is 17.2 Å². The molecule has 2 N–H and O–H groups in total. The van der Waals surface area contributed by atoms with E-state index in [4.69, 9.17) is 0 Å². The topological polar surface area (TPSA) is 54.0 Å². The van der Waals surface area contributed by atoms with Gasteiger partial charge in [0.25, 0.3) is 5.91 Å². The molecule has 4 nitrogen and oxygen atoms in total. The van der Waals surface area contributed by atoms with E-state index in [-0.39, 0.29) is 5.91 Å². The molecule has 0 aliphatic heterocycles. The van der Waals surface area contributed by atoms with Crippen LogP contribution in [0.25, 0.3) is 0 Å². The molecule has 1 aromatic carbocycles. The second-order valence-corrected chi connectivity index (χ2v) is 6.34. The van der Waals surface area contributed by atoms with E-state index in [1.807, 2.05) is 31.2 Å². The molecule has 0 saturated heterocycles. The number of aromatic nitrogens is 1. The molecule has 2 aromatic rings. The molecule has 5 heteroatoms. The highest BCUT2D eigenvalue weighted by molar-refractivity contribution is 9.10. The summed E-state index contributed by atoms with van der Waals surface area (Å²) in [6, 6.07) is 9.39. The van der Waals surface area contributed by atoms with Crippen LogP contribution in [-0.4, -0.2) is 17.4 Å². The van der Waals surface area contributed by atoms with Crippen molar-refractivity contribution in [2.24, 2.45) is 0 Å². The van der Waals surface area contributed by atoms with Crippen LogP contribution in [0.1, 0.15) is 42.2 Å². The summed E-state index contributed by atoms with van der Waals surface area (Å²) >= 11 is 3.47. The van der Waals surface area contributed by atoms with Gasteiger partial charge in [0.15, 0.2) is 0 Å². The first-order valence-electron chi connectivity index (χ1n) is 7.87. The van der Waals surface area contributed by atoms with E-state index in [2.05, 4.69) is 38.5 Å². The molecule has 23 heavy (non-hydrogen) atoms. The van der Waals surface area contributed by atoms with Crippen molar-refractivity contribution in [3.05, 3.63) is 52.3 Å². The fourth-order valence-corrected chi connectivity index (χ4v) is 2.52. The van der Waals surface area contributed by atoms with Crippen molar-refractivity contribution in [3.8, 4) is 0 Å². The Morgan fingerprint density at radius 1 is 1.17 bits per heavy atom. The Labute approximate surface area is 145 Å². The third kappa shape index (κ3) is 5.36. The highest BCUT2D eigenvalue weighted by Crippen LogP contribution is 2.21. The number of pyridine rings is 1. The van der Waals surface area contributed by atoms with E-state index in [0.29, 0.717) is 5.69 Å². The van der Waals surface area contributed by atoms with Gasteiger partial charge >= 0.3 is 0 Å². The van der Waals surface area contributed by atoms with E-state index in [0.717, 1.165) is 34.4 Å². The van der Waals surface area contributed by atoms with Crippen molar-refractivity contribution in [3.63, 3.8) is 0 Å². The summed E-state index contributed by atoms with van der Waals surface area (Å²) in [7, 11) is 0. The molecule has 1 aromatic heterocycles. The number of carbonyl (C=O) groups is 1. The van der Waals surface area contributed by atoms with Crippen LogP contribution in [-0.2, 0) is 0 Å². The monoisotopic (exact) mass is 375 g/mol. The van der Waals surface area contributed by atoms with Gasteiger partial charge in [-0.2, -0.15) is 0 Å². The van der Waals surface area contributed by atoms with Gasteiger partial charge < -0.3 is 10.6 Å². The first kappa shape index (κ1) is 17.5. The molecule has 0 spiro atoms. The third-order valence-electron chi connectivity index (χ3n) is 3.53. The Hall–Kier alpha value is -1.88. The largest absolute Gasteiger partial charge is 0.385 e. The highest BCUT2D eigenvalue weighted by Gasteiger charge is 2.09. The first-order valence-corrected chi connectivity index (χ1v) is 8.67. The van der Waals surface area contributed by atoms with Gasteiger partial charge in [0.2, 0.25) is 0 Å². The van der Waals surface area contributed by atoms with Gasteiger partial charge in [-0.05, 0) is 43.2 Å². The molecule has 0 saturated carbocycles. The molecule has 2 rings (SSSR count). The molecule has 0 aliphatic carbocycles. The molecule has 0 radical (unpaired) electrons. The summed E-state index contributed by atoms with van der Waals surface area (Å²) in [6.07, 6.45) is 5.17. The van der Waals surface area contributed by atoms with E-state index in [1.165, 1.54) is 12.8 Å². The van der Waals surface area contributed by atoms with E-state index >= 15 is 0 Å². The van der Waals surface area contributed by atoms with Gasteiger partial charge in [-0.3, -0.25) is 9.78 Å². The van der Waals surface area contributed by atoms with Gasteiger partial charge in [-0.25, -0.2) is 0 Å². The molecule has 122 valence electrons. The van der Waals surface area contributed by atoms with Crippen LogP contribution in [0.3, 0.4) is 0 Å². The minimum absolute atomic E-state index is 0.210. The van der Waals surface area contributed by atoms with Crippen molar-refractivity contribution in [1.82, 2.24) is 4.98 Å². The quantitative estimate of drug-likeness (QED) is 0.668.